The van der Waals surface area contributed by atoms with E-state index >= 15 is 0 Å². The van der Waals surface area contributed by atoms with Gasteiger partial charge < -0.3 is 10.2 Å². The van der Waals surface area contributed by atoms with Gasteiger partial charge in [-0.05, 0) is 28.8 Å². The predicted octanol–water partition coefficient (Wildman–Crippen LogP) is 2.92. The minimum Gasteiger partial charge on any atom is -0.478 e. The van der Waals surface area contributed by atoms with Crippen molar-refractivity contribution in [1.82, 2.24) is 0 Å². The van der Waals surface area contributed by atoms with Crippen molar-refractivity contribution in [1.29, 1.82) is 0 Å². The zero-order valence-electron chi connectivity index (χ0n) is 12.2. The van der Waals surface area contributed by atoms with Crippen LogP contribution in [-0.4, -0.2) is 29.4 Å². The summed E-state index contributed by atoms with van der Waals surface area (Å²) in [5.41, 5.74) is 3.24. The normalized spacial score (nSPS) is 13.0. The van der Waals surface area contributed by atoms with Gasteiger partial charge in [0, 0.05) is 0 Å². The van der Waals surface area contributed by atoms with Crippen LogP contribution in [0.1, 0.15) is 31.8 Å². The van der Waals surface area contributed by atoms with E-state index in [1.54, 1.807) is 48.5 Å². The van der Waals surface area contributed by atoms with E-state index in [1.807, 2.05) is 12.1 Å². The molecule has 0 saturated heterocycles. The Hall–Kier alpha value is -3.08. The van der Waals surface area contributed by atoms with E-state index in [0.29, 0.717) is 18.4 Å². The highest BCUT2D eigenvalue weighted by atomic mass is 16.4. The van der Waals surface area contributed by atoms with E-state index in [1.165, 1.54) is 0 Å². The van der Waals surface area contributed by atoms with Crippen LogP contribution in [0.3, 0.4) is 0 Å². The summed E-state index contributed by atoms with van der Waals surface area (Å²) in [5.74, 6) is -0.0767. The fourth-order valence-electron chi connectivity index (χ4n) is 2.85. The first kappa shape index (κ1) is 14.8. The van der Waals surface area contributed by atoms with Gasteiger partial charge >= 0.3 is 11.9 Å². The van der Waals surface area contributed by atoms with E-state index in [-0.39, 0.29) is 11.1 Å². The molecule has 0 atom stereocenters. The van der Waals surface area contributed by atoms with Crippen LogP contribution in [0.15, 0.2) is 60.6 Å². The van der Waals surface area contributed by atoms with Gasteiger partial charge in [0.15, 0.2) is 7.28 Å². The Morgan fingerprint density at radius 1 is 0.783 bits per heavy atom. The van der Waals surface area contributed by atoms with Crippen LogP contribution in [0, 0.1) is 0 Å². The Kier molecular flexibility index (Phi) is 3.85. The molecule has 1 aliphatic heterocycles. The number of carboxylic acids is 2. The molecule has 0 saturated carbocycles. The molecule has 5 heteroatoms. The van der Waals surface area contributed by atoms with Gasteiger partial charge in [0.1, 0.15) is 0 Å². The Morgan fingerprint density at radius 3 is 1.91 bits per heavy atom. The zero-order chi connectivity index (χ0) is 16.4. The minimum atomic E-state index is -1.00. The molecule has 3 rings (SSSR count). The molecular weight excluding hydrogens is 291 g/mol. The summed E-state index contributed by atoms with van der Waals surface area (Å²) in [6.45, 7) is 0. The van der Waals surface area contributed by atoms with E-state index in [9.17, 15) is 19.8 Å². The van der Waals surface area contributed by atoms with Crippen LogP contribution in [0.4, 0.5) is 0 Å². The van der Waals surface area contributed by atoms with Gasteiger partial charge in [0.2, 0.25) is 0 Å². The van der Waals surface area contributed by atoms with Crippen LogP contribution >= 0.6 is 0 Å². The minimum absolute atomic E-state index is 0.208. The Balaban J connectivity index is 2.23. The van der Waals surface area contributed by atoms with E-state index in [0.717, 1.165) is 11.0 Å². The van der Waals surface area contributed by atoms with Crippen molar-refractivity contribution in [3.05, 3.63) is 82.8 Å². The lowest BCUT2D eigenvalue weighted by Crippen LogP contribution is -2.05. The summed E-state index contributed by atoms with van der Waals surface area (Å²) >= 11 is 0. The SMILES string of the molecule is O=C(O)c1ccccc1C1=C(c2ccccc2C(=O)O)C=CB1. The molecule has 0 spiro atoms. The fourth-order valence-corrected chi connectivity index (χ4v) is 2.85. The summed E-state index contributed by atoms with van der Waals surface area (Å²) in [6, 6.07) is 13.5. The Labute approximate surface area is 133 Å². The Bertz CT molecular complexity index is 865. The summed E-state index contributed by atoms with van der Waals surface area (Å²) in [5, 5.41) is 18.8. The molecule has 2 N–H and O–H groups in total. The van der Waals surface area contributed by atoms with Gasteiger partial charge in [-0.1, -0.05) is 47.9 Å². The predicted molar refractivity (Wildman–Crippen MR) is 89.9 cm³/mol. The average molecular weight is 304 g/mol. The molecule has 2 aromatic carbocycles. The number of allylic oxidation sites excluding steroid dienone is 2. The molecule has 1 aliphatic rings. The first-order valence-electron chi connectivity index (χ1n) is 7.14. The van der Waals surface area contributed by atoms with Crippen LogP contribution in [0.2, 0.25) is 0 Å². The molecule has 0 amide bonds. The van der Waals surface area contributed by atoms with Crippen molar-refractivity contribution in [2.45, 2.75) is 0 Å². The topological polar surface area (TPSA) is 74.6 Å². The molecule has 112 valence electrons. The molecule has 0 radical (unpaired) electrons. The van der Waals surface area contributed by atoms with Crippen molar-refractivity contribution in [3.8, 4) is 0 Å². The highest BCUT2D eigenvalue weighted by molar-refractivity contribution is 6.70. The lowest BCUT2D eigenvalue weighted by molar-refractivity contribution is 0.0685. The quantitative estimate of drug-likeness (QED) is 0.852. The fraction of sp³-hybridized carbons (Fsp3) is 0. The number of benzene rings is 2. The van der Waals surface area contributed by atoms with Crippen LogP contribution in [0.5, 0.6) is 0 Å². The molecule has 4 nitrogen and oxygen atoms in total. The monoisotopic (exact) mass is 304 g/mol. The highest BCUT2D eigenvalue weighted by Gasteiger charge is 2.21. The second kappa shape index (κ2) is 5.97. The molecule has 0 fully saturated rings. The summed E-state index contributed by atoms with van der Waals surface area (Å²) in [4.78, 5) is 22.9. The lowest BCUT2D eigenvalue weighted by atomic mass is 9.67. The smallest absolute Gasteiger partial charge is 0.336 e. The van der Waals surface area contributed by atoms with Crippen LogP contribution in [0.25, 0.3) is 11.0 Å². The summed E-state index contributed by atoms with van der Waals surface area (Å²) < 4.78 is 0. The summed E-state index contributed by atoms with van der Waals surface area (Å²) in [6.07, 6.45) is 1.86. The molecule has 0 bridgehead atoms. The first-order chi connectivity index (χ1) is 11.1. The maximum absolute atomic E-state index is 11.5. The maximum Gasteiger partial charge on any atom is 0.336 e. The third-order valence-electron chi connectivity index (χ3n) is 3.86. The van der Waals surface area contributed by atoms with Gasteiger partial charge in [-0.3, -0.25) is 0 Å². The van der Waals surface area contributed by atoms with Crippen molar-refractivity contribution in [3.63, 3.8) is 0 Å². The maximum atomic E-state index is 11.5. The van der Waals surface area contributed by atoms with Gasteiger partial charge in [-0.15, -0.1) is 5.98 Å². The van der Waals surface area contributed by atoms with Crippen molar-refractivity contribution < 1.29 is 19.8 Å². The standard InChI is InChI=1S/C18H13BO4/c20-17(21)14-7-3-1-5-11(14)13-9-10-19-16(13)12-6-2-4-8-15(12)18(22)23/h1-10,19H,(H,20,21)(H,22,23). The van der Waals surface area contributed by atoms with E-state index in [2.05, 4.69) is 0 Å². The Morgan fingerprint density at radius 2 is 1.30 bits per heavy atom. The molecule has 0 unspecified atom stereocenters. The number of carbonyl (C=O) groups is 2. The van der Waals surface area contributed by atoms with Crippen LogP contribution in [-0.2, 0) is 0 Å². The number of hydrogen-bond donors (Lipinski definition) is 2. The van der Waals surface area contributed by atoms with E-state index in [4.69, 9.17) is 0 Å². The van der Waals surface area contributed by atoms with Crippen molar-refractivity contribution >= 4 is 30.3 Å². The molecule has 0 aliphatic carbocycles. The average Bonchev–Trinajstić information content (AvgIpc) is 3.04. The van der Waals surface area contributed by atoms with Gasteiger partial charge in [-0.25, -0.2) is 9.59 Å². The lowest BCUT2D eigenvalue weighted by Gasteiger charge is -2.12. The highest BCUT2D eigenvalue weighted by Crippen LogP contribution is 2.34. The molecular formula is C18H13BO4. The zero-order valence-corrected chi connectivity index (χ0v) is 12.2. The second-order valence-electron chi connectivity index (χ2n) is 5.20. The molecule has 1 heterocycles. The van der Waals surface area contributed by atoms with Gasteiger partial charge in [0.25, 0.3) is 0 Å². The second-order valence-corrected chi connectivity index (χ2v) is 5.20. The third kappa shape index (κ3) is 2.69. The van der Waals surface area contributed by atoms with Gasteiger partial charge in [-0.2, -0.15) is 0 Å². The number of rotatable bonds is 4. The number of carboxylic acid groups (broad SMARTS) is 2. The first-order valence-corrected chi connectivity index (χ1v) is 7.14. The largest absolute Gasteiger partial charge is 0.478 e. The van der Waals surface area contributed by atoms with Crippen LogP contribution < -0.4 is 0 Å². The van der Waals surface area contributed by atoms with Crippen molar-refractivity contribution in [2.75, 3.05) is 0 Å². The number of hydrogen-bond acceptors (Lipinski definition) is 2. The van der Waals surface area contributed by atoms with Crippen molar-refractivity contribution in [2.24, 2.45) is 0 Å². The number of aromatic carboxylic acids is 2. The van der Waals surface area contributed by atoms with E-state index < -0.39 is 11.9 Å². The summed E-state index contributed by atoms with van der Waals surface area (Å²) in [7, 11) is 0.577. The van der Waals surface area contributed by atoms with Gasteiger partial charge in [0.05, 0.1) is 11.1 Å². The molecule has 2 aromatic rings. The third-order valence-corrected chi connectivity index (χ3v) is 3.86. The molecule has 23 heavy (non-hydrogen) atoms. The molecule has 0 aromatic heterocycles.